The highest BCUT2D eigenvalue weighted by Crippen LogP contribution is 2.29. The van der Waals surface area contributed by atoms with Crippen molar-refractivity contribution in [2.75, 3.05) is 6.61 Å². The smallest absolute Gasteiger partial charge is 0.331 e. The SMILES string of the molecule is CC(=O)O/N=C(\C)C(=O)c1ccc(Sc2ccc(OCC(C)O)cc2)cc1. The lowest BCUT2D eigenvalue weighted by Crippen LogP contribution is -2.12. The van der Waals surface area contributed by atoms with Crippen LogP contribution in [-0.4, -0.2) is 35.3 Å². The zero-order valence-corrected chi connectivity index (χ0v) is 16.2. The van der Waals surface area contributed by atoms with Crippen molar-refractivity contribution < 1.29 is 24.3 Å². The van der Waals surface area contributed by atoms with Crippen molar-refractivity contribution in [3.63, 3.8) is 0 Å². The normalized spacial score (nSPS) is 12.4. The Morgan fingerprint density at radius 1 is 1.04 bits per heavy atom. The van der Waals surface area contributed by atoms with Gasteiger partial charge < -0.3 is 14.7 Å². The van der Waals surface area contributed by atoms with Gasteiger partial charge in [0.05, 0.1) is 6.10 Å². The Kier molecular flexibility index (Phi) is 7.57. The molecule has 1 atom stereocenters. The number of carbonyl (C=O) groups is 2. The van der Waals surface area contributed by atoms with E-state index in [-0.39, 0.29) is 18.1 Å². The summed E-state index contributed by atoms with van der Waals surface area (Å²) in [5.74, 6) is -0.174. The van der Waals surface area contributed by atoms with E-state index in [0.717, 1.165) is 9.79 Å². The Labute approximate surface area is 162 Å². The van der Waals surface area contributed by atoms with Gasteiger partial charge in [-0.05, 0) is 62.4 Å². The monoisotopic (exact) mass is 387 g/mol. The summed E-state index contributed by atoms with van der Waals surface area (Å²) in [6.07, 6.45) is -0.511. The lowest BCUT2D eigenvalue weighted by atomic mass is 10.1. The number of ketones is 1. The van der Waals surface area contributed by atoms with Gasteiger partial charge in [-0.2, -0.15) is 0 Å². The minimum absolute atomic E-state index is 0.110. The molecular formula is C20H21NO5S. The standard InChI is InChI=1S/C20H21NO5S/c1-13(22)12-25-17-6-10-19(11-7-17)27-18-8-4-16(5-9-18)20(24)14(2)21-26-15(3)23/h4-11,13,22H,12H2,1-3H3/b21-14+. The van der Waals surface area contributed by atoms with Crippen molar-refractivity contribution in [2.45, 2.75) is 36.7 Å². The van der Waals surface area contributed by atoms with E-state index in [1.165, 1.54) is 13.8 Å². The Bertz CT molecular complexity index is 813. The summed E-state index contributed by atoms with van der Waals surface area (Å²) in [4.78, 5) is 29.4. The first-order valence-corrected chi connectivity index (χ1v) is 9.12. The van der Waals surface area contributed by atoms with Crippen LogP contribution in [-0.2, 0) is 9.63 Å². The van der Waals surface area contributed by atoms with Gasteiger partial charge in [0.1, 0.15) is 18.1 Å². The van der Waals surface area contributed by atoms with Gasteiger partial charge >= 0.3 is 5.97 Å². The summed E-state index contributed by atoms with van der Waals surface area (Å²) in [6.45, 7) is 4.64. The molecule has 2 aromatic carbocycles. The van der Waals surface area contributed by atoms with Gasteiger partial charge in [-0.1, -0.05) is 16.9 Å². The minimum Gasteiger partial charge on any atom is -0.491 e. The summed E-state index contributed by atoms with van der Waals surface area (Å²) in [6, 6.07) is 14.6. The van der Waals surface area contributed by atoms with E-state index in [2.05, 4.69) is 9.99 Å². The average molecular weight is 387 g/mol. The molecule has 2 aromatic rings. The van der Waals surface area contributed by atoms with Crippen molar-refractivity contribution >= 4 is 29.2 Å². The third-order valence-corrected chi connectivity index (χ3v) is 4.32. The highest BCUT2D eigenvalue weighted by atomic mass is 32.2. The van der Waals surface area contributed by atoms with Crippen LogP contribution in [0, 0.1) is 0 Å². The Balaban J connectivity index is 1.98. The van der Waals surface area contributed by atoms with Crippen molar-refractivity contribution in [3.05, 3.63) is 54.1 Å². The molecule has 0 amide bonds. The van der Waals surface area contributed by atoms with E-state index in [0.29, 0.717) is 11.3 Å². The lowest BCUT2D eigenvalue weighted by Gasteiger charge is -2.09. The number of rotatable bonds is 8. The maximum atomic E-state index is 12.2. The molecule has 1 N–H and O–H groups in total. The first-order chi connectivity index (χ1) is 12.8. The number of Topliss-reactive ketones (excluding diaryl/α,β-unsaturated/α-hetero) is 1. The van der Waals surface area contributed by atoms with E-state index < -0.39 is 12.1 Å². The molecule has 0 radical (unpaired) electrons. The number of hydrogen-bond donors (Lipinski definition) is 1. The fraction of sp³-hybridized carbons (Fsp3) is 0.250. The van der Waals surface area contributed by atoms with E-state index in [4.69, 9.17) is 4.74 Å². The number of aliphatic hydroxyl groups excluding tert-OH is 1. The molecule has 27 heavy (non-hydrogen) atoms. The molecule has 6 nitrogen and oxygen atoms in total. The summed E-state index contributed by atoms with van der Waals surface area (Å²) in [7, 11) is 0. The fourth-order valence-corrected chi connectivity index (χ4v) is 2.83. The summed E-state index contributed by atoms with van der Waals surface area (Å²) in [5, 5.41) is 12.7. The van der Waals surface area contributed by atoms with Crippen LogP contribution in [0.5, 0.6) is 5.75 Å². The number of carbonyl (C=O) groups excluding carboxylic acids is 2. The second kappa shape index (κ2) is 9.89. The van der Waals surface area contributed by atoms with Crippen LogP contribution in [0.15, 0.2) is 63.5 Å². The highest BCUT2D eigenvalue weighted by molar-refractivity contribution is 7.99. The predicted molar refractivity (Wildman–Crippen MR) is 103 cm³/mol. The number of nitrogens with zero attached hydrogens (tertiary/aromatic N) is 1. The number of aliphatic hydroxyl groups is 1. The molecule has 0 saturated carbocycles. The van der Waals surface area contributed by atoms with Gasteiger partial charge in [0.2, 0.25) is 5.78 Å². The molecule has 1 unspecified atom stereocenters. The lowest BCUT2D eigenvalue weighted by molar-refractivity contribution is -0.140. The molecule has 142 valence electrons. The first kappa shape index (κ1) is 20.7. The molecule has 0 heterocycles. The van der Waals surface area contributed by atoms with Crippen LogP contribution < -0.4 is 4.74 Å². The van der Waals surface area contributed by atoms with E-state index in [1.807, 2.05) is 36.4 Å². The van der Waals surface area contributed by atoms with Crippen LogP contribution in [0.4, 0.5) is 0 Å². The zero-order chi connectivity index (χ0) is 19.8. The van der Waals surface area contributed by atoms with Crippen LogP contribution in [0.25, 0.3) is 0 Å². The fourth-order valence-electron chi connectivity index (χ4n) is 2.01. The van der Waals surface area contributed by atoms with Gasteiger partial charge in [0.15, 0.2) is 0 Å². The minimum atomic E-state index is -0.573. The molecule has 0 fully saturated rings. The molecular weight excluding hydrogens is 366 g/mol. The Morgan fingerprint density at radius 2 is 1.59 bits per heavy atom. The largest absolute Gasteiger partial charge is 0.491 e. The Morgan fingerprint density at radius 3 is 2.11 bits per heavy atom. The number of oxime groups is 1. The van der Waals surface area contributed by atoms with E-state index in [1.54, 1.807) is 30.8 Å². The first-order valence-electron chi connectivity index (χ1n) is 8.31. The maximum absolute atomic E-state index is 12.2. The summed E-state index contributed by atoms with van der Waals surface area (Å²) >= 11 is 1.55. The Hall–Kier alpha value is -2.64. The molecule has 0 aliphatic heterocycles. The van der Waals surface area contributed by atoms with E-state index in [9.17, 15) is 14.7 Å². The van der Waals surface area contributed by atoms with Gasteiger partial charge in [0, 0.05) is 22.3 Å². The molecule has 0 aromatic heterocycles. The molecule has 7 heteroatoms. The summed E-state index contributed by atoms with van der Waals surface area (Å²) < 4.78 is 5.43. The van der Waals surface area contributed by atoms with Gasteiger partial charge in [0.25, 0.3) is 0 Å². The number of benzene rings is 2. The zero-order valence-electron chi connectivity index (χ0n) is 15.3. The highest BCUT2D eigenvalue weighted by Gasteiger charge is 2.11. The third kappa shape index (κ3) is 6.88. The summed E-state index contributed by atoms with van der Waals surface area (Å²) in [5.41, 5.74) is 0.577. The molecule has 0 aliphatic rings. The molecule has 0 spiro atoms. The van der Waals surface area contributed by atoms with E-state index >= 15 is 0 Å². The second-order valence-corrected chi connectivity index (χ2v) is 6.99. The average Bonchev–Trinajstić information content (AvgIpc) is 2.65. The van der Waals surface area contributed by atoms with Gasteiger partial charge in [-0.15, -0.1) is 0 Å². The second-order valence-electron chi connectivity index (χ2n) is 5.85. The molecule has 0 saturated heterocycles. The molecule has 0 bridgehead atoms. The predicted octanol–water partition coefficient (Wildman–Crippen LogP) is 3.72. The number of hydrogen-bond acceptors (Lipinski definition) is 7. The molecule has 0 aliphatic carbocycles. The molecule has 2 rings (SSSR count). The number of ether oxygens (including phenoxy) is 1. The topological polar surface area (TPSA) is 85.2 Å². The van der Waals surface area contributed by atoms with Gasteiger partial charge in [-0.25, -0.2) is 4.79 Å². The van der Waals surface area contributed by atoms with Crippen molar-refractivity contribution in [2.24, 2.45) is 5.16 Å². The van der Waals surface area contributed by atoms with Crippen LogP contribution >= 0.6 is 11.8 Å². The maximum Gasteiger partial charge on any atom is 0.331 e. The van der Waals surface area contributed by atoms with Gasteiger partial charge in [-0.3, -0.25) is 4.79 Å². The quantitative estimate of drug-likeness (QED) is 0.322. The van der Waals surface area contributed by atoms with Crippen molar-refractivity contribution in [1.82, 2.24) is 0 Å². The van der Waals surface area contributed by atoms with Crippen molar-refractivity contribution in [3.8, 4) is 5.75 Å². The third-order valence-electron chi connectivity index (χ3n) is 3.31. The van der Waals surface area contributed by atoms with Crippen LogP contribution in [0.2, 0.25) is 0 Å². The van der Waals surface area contributed by atoms with Crippen LogP contribution in [0.1, 0.15) is 31.1 Å². The van der Waals surface area contributed by atoms with Crippen LogP contribution in [0.3, 0.4) is 0 Å². The van der Waals surface area contributed by atoms with Crippen molar-refractivity contribution in [1.29, 1.82) is 0 Å².